The van der Waals surface area contributed by atoms with Crippen molar-refractivity contribution in [2.24, 2.45) is 5.73 Å². The summed E-state index contributed by atoms with van der Waals surface area (Å²) in [6.07, 6.45) is 1.30. The summed E-state index contributed by atoms with van der Waals surface area (Å²) in [5.74, 6) is -0.459. The quantitative estimate of drug-likeness (QED) is 0.889. The fourth-order valence-corrected chi connectivity index (χ4v) is 2.05. The van der Waals surface area contributed by atoms with E-state index in [2.05, 4.69) is 0 Å². The minimum atomic E-state index is -0.473. The number of aryl methyl sites for hydroxylation is 1. The molecule has 0 fully saturated rings. The Balaban J connectivity index is 2.36. The van der Waals surface area contributed by atoms with Crippen LogP contribution in [0.5, 0.6) is 11.5 Å². The Morgan fingerprint density at radius 2 is 1.95 bits per heavy atom. The molecular weight excluding hydrogens is 272 g/mol. The third-order valence-corrected chi connectivity index (χ3v) is 3.42. The largest absolute Gasteiger partial charge is 0.454 e. The summed E-state index contributed by atoms with van der Waals surface area (Å²) in [7, 11) is 0. The van der Waals surface area contributed by atoms with Gasteiger partial charge in [-0.15, -0.1) is 0 Å². The number of para-hydroxylation sites is 1. The SMILES string of the molecule is CCC(N)Cc1cccc(F)c1Oc1cc(F)ccc1C. The maximum absolute atomic E-state index is 14.1. The van der Waals surface area contributed by atoms with Crippen molar-refractivity contribution >= 4 is 0 Å². The Morgan fingerprint density at radius 1 is 1.19 bits per heavy atom. The van der Waals surface area contributed by atoms with Gasteiger partial charge in [0, 0.05) is 12.1 Å². The van der Waals surface area contributed by atoms with Crippen molar-refractivity contribution in [2.45, 2.75) is 32.7 Å². The molecule has 0 amide bonds. The first-order valence-electron chi connectivity index (χ1n) is 6.98. The Bertz CT molecular complexity index is 628. The van der Waals surface area contributed by atoms with Gasteiger partial charge in [0.2, 0.25) is 0 Å². The van der Waals surface area contributed by atoms with E-state index < -0.39 is 11.6 Å². The molecule has 21 heavy (non-hydrogen) atoms. The summed E-state index contributed by atoms with van der Waals surface area (Å²) in [5, 5.41) is 0. The highest BCUT2D eigenvalue weighted by atomic mass is 19.1. The van der Waals surface area contributed by atoms with Gasteiger partial charge in [-0.3, -0.25) is 0 Å². The van der Waals surface area contributed by atoms with Gasteiger partial charge >= 0.3 is 0 Å². The lowest BCUT2D eigenvalue weighted by molar-refractivity contribution is 0.427. The maximum Gasteiger partial charge on any atom is 0.166 e. The number of rotatable bonds is 5. The first kappa shape index (κ1) is 15.4. The second-order valence-corrected chi connectivity index (χ2v) is 5.11. The highest BCUT2D eigenvalue weighted by molar-refractivity contribution is 5.42. The third kappa shape index (κ3) is 3.79. The summed E-state index contributed by atoms with van der Waals surface area (Å²) < 4.78 is 33.0. The number of ether oxygens (including phenoxy) is 1. The van der Waals surface area contributed by atoms with Gasteiger partial charge in [-0.25, -0.2) is 8.78 Å². The van der Waals surface area contributed by atoms with Crippen molar-refractivity contribution in [3.8, 4) is 11.5 Å². The summed E-state index contributed by atoms with van der Waals surface area (Å²) in [6, 6.07) is 8.86. The molecule has 2 aromatic rings. The van der Waals surface area contributed by atoms with Crippen LogP contribution >= 0.6 is 0 Å². The molecule has 0 radical (unpaired) electrons. The smallest absolute Gasteiger partial charge is 0.166 e. The first-order valence-corrected chi connectivity index (χ1v) is 6.98. The average Bonchev–Trinajstić information content (AvgIpc) is 2.46. The summed E-state index contributed by atoms with van der Waals surface area (Å²) >= 11 is 0. The molecule has 0 aromatic heterocycles. The molecule has 2 nitrogen and oxygen atoms in total. The van der Waals surface area contributed by atoms with Crippen molar-refractivity contribution in [2.75, 3.05) is 0 Å². The molecule has 112 valence electrons. The van der Waals surface area contributed by atoms with E-state index in [0.717, 1.165) is 12.0 Å². The van der Waals surface area contributed by atoms with Gasteiger partial charge in [0.05, 0.1) is 0 Å². The monoisotopic (exact) mass is 291 g/mol. The van der Waals surface area contributed by atoms with Gasteiger partial charge in [0.25, 0.3) is 0 Å². The molecule has 4 heteroatoms. The molecule has 2 aromatic carbocycles. The summed E-state index contributed by atoms with van der Waals surface area (Å²) in [6.45, 7) is 3.76. The lowest BCUT2D eigenvalue weighted by Crippen LogP contribution is -2.21. The molecule has 1 unspecified atom stereocenters. The molecular formula is C17H19F2NO. The molecule has 0 spiro atoms. The van der Waals surface area contributed by atoms with Gasteiger partial charge in [0.1, 0.15) is 11.6 Å². The van der Waals surface area contributed by atoms with Crippen molar-refractivity contribution < 1.29 is 13.5 Å². The van der Waals surface area contributed by atoms with E-state index in [1.807, 2.05) is 6.92 Å². The molecule has 0 aliphatic carbocycles. The fraction of sp³-hybridized carbons (Fsp3) is 0.294. The van der Waals surface area contributed by atoms with Crippen LogP contribution < -0.4 is 10.5 Å². The highest BCUT2D eigenvalue weighted by Crippen LogP contribution is 2.31. The average molecular weight is 291 g/mol. The predicted octanol–water partition coefficient (Wildman–Crippen LogP) is 4.35. The molecule has 1 atom stereocenters. The van der Waals surface area contributed by atoms with Crippen molar-refractivity contribution in [1.29, 1.82) is 0 Å². The second kappa shape index (κ2) is 6.68. The zero-order chi connectivity index (χ0) is 15.4. The van der Waals surface area contributed by atoms with Crippen LogP contribution in [0.25, 0.3) is 0 Å². The third-order valence-electron chi connectivity index (χ3n) is 3.42. The fourth-order valence-electron chi connectivity index (χ4n) is 2.05. The van der Waals surface area contributed by atoms with Crippen LogP contribution in [0.4, 0.5) is 8.78 Å². The van der Waals surface area contributed by atoms with Crippen LogP contribution in [-0.4, -0.2) is 6.04 Å². The molecule has 0 saturated carbocycles. The molecule has 0 saturated heterocycles. The maximum atomic E-state index is 14.1. The number of hydrogen-bond donors (Lipinski definition) is 1. The van der Waals surface area contributed by atoms with E-state index in [0.29, 0.717) is 17.7 Å². The van der Waals surface area contributed by atoms with Gasteiger partial charge in [-0.2, -0.15) is 0 Å². The topological polar surface area (TPSA) is 35.2 Å². The van der Waals surface area contributed by atoms with Crippen molar-refractivity contribution in [1.82, 2.24) is 0 Å². The number of nitrogens with two attached hydrogens (primary N) is 1. The van der Waals surface area contributed by atoms with E-state index in [-0.39, 0.29) is 11.8 Å². The van der Waals surface area contributed by atoms with Crippen LogP contribution in [-0.2, 0) is 6.42 Å². The molecule has 2 rings (SSSR count). The molecule has 0 heterocycles. The zero-order valence-electron chi connectivity index (χ0n) is 12.2. The van der Waals surface area contributed by atoms with E-state index in [4.69, 9.17) is 10.5 Å². The Labute approximate surface area is 123 Å². The number of benzene rings is 2. The first-order chi connectivity index (χ1) is 10.0. The normalized spacial score (nSPS) is 12.2. The van der Waals surface area contributed by atoms with Crippen LogP contribution in [0.15, 0.2) is 36.4 Å². The van der Waals surface area contributed by atoms with Gasteiger partial charge in [0.15, 0.2) is 11.6 Å². The summed E-state index contributed by atoms with van der Waals surface area (Å²) in [5.41, 5.74) is 7.36. The van der Waals surface area contributed by atoms with E-state index in [9.17, 15) is 8.78 Å². The van der Waals surface area contributed by atoms with Crippen molar-refractivity contribution in [3.63, 3.8) is 0 Å². The standard InChI is InChI=1S/C17H19F2NO/c1-3-14(20)9-12-5-4-6-15(19)17(12)21-16-10-13(18)8-7-11(16)2/h4-8,10,14H,3,9,20H2,1-2H3. The predicted molar refractivity (Wildman–Crippen MR) is 79.6 cm³/mol. The molecule has 0 aliphatic heterocycles. The zero-order valence-corrected chi connectivity index (χ0v) is 12.2. The Morgan fingerprint density at radius 3 is 2.67 bits per heavy atom. The van der Waals surface area contributed by atoms with E-state index >= 15 is 0 Å². The summed E-state index contributed by atoms with van der Waals surface area (Å²) in [4.78, 5) is 0. The Hall–Kier alpha value is -1.94. The van der Waals surface area contributed by atoms with E-state index in [1.165, 1.54) is 18.2 Å². The lowest BCUT2D eigenvalue weighted by atomic mass is 10.0. The van der Waals surface area contributed by atoms with Crippen LogP contribution in [0.2, 0.25) is 0 Å². The van der Waals surface area contributed by atoms with Crippen molar-refractivity contribution in [3.05, 3.63) is 59.2 Å². The van der Waals surface area contributed by atoms with Crippen LogP contribution in [0.3, 0.4) is 0 Å². The van der Waals surface area contributed by atoms with Gasteiger partial charge in [-0.1, -0.05) is 25.1 Å². The molecule has 0 bridgehead atoms. The molecule has 0 aliphatic rings. The minimum Gasteiger partial charge on any atom is -0.454 e. The van der Waals surface area contributed by atoms with Crippen LogP contribution in [0, 0.1) is 18.6 Å². The molecule has 2 N–H and O–H groups in total. The van der Waals surface area contributed by atoms with Crippen LogP contribution in [0.1, 0.15) is 24.5 Å². The van der Waals surface area contributed by atoms with Gasteiger partial charge in [-0.05, 0) is 43.0 Å². The highest BCUT2D eigenvalue weighted by Gasteiger charge is 2.14. The second-order valence-electron chi connectivity index (χ2n) is 5.11. The number of halogens is 2. The Kier molecular flexibility index (Phi) is 4.91. The minimum absolute atomic E-state index is 0.0669. The van der Waals surface area contributed by atoms with Gasteiger partial charge < -0.3 is 10.5 Å². The number of hydrogen-bond acceptors (Lipinski definition) is 2. The lowest BCUT2D eigenvalue weighted by Gasteiger charge is -2.16. The van der Waals surface area contributed by atoms with E-state index in [1.54, 1.807) is 25.1 Å².